The van der Waals surface area contributed by atoms with Crippen LogP contribution in [0.5, 0.6) is 0 Å². The molecule has 0 spiro atoms. The van der Waals surface area contributed by atoms with E-state index in [1.807, 2.05) is 0 Å². The molecule has 3 N–H and O–H groups in total. The maximum atomic E-state index is 13.1. The number of hydrogen-bond acceptors (Lipinski definition) is 3. The molecule has 3 nitrogen and oxygen atoms in total. The van der Waals surface area contributed by atoms with Gasteiger partial charge in [0.1, 0.15) is 5.76 Å². The van der Waals surface area contributed by atoms with Crippen LogP contribution in [0.15, 0.2) is 22.8 Å². The number of rotatable bonds is 4. The molecular formula is C13H19F3N2O. The number of nitrogens with two attached hydrogens (primary N) is 1. The molecular weight excluding hydrogens is 257 g/mol. The van der Waals surface area contributed by atoms with Gasteiger partial charge < -0.3 is 4.42 Å². The van der Waals surface area contributed by atoms with Crippen LogP contribution >= 0.6 is 0 Å². The molecule has 1 aromatic heterocycles. The van der Waals surface area contributed by atoms with Gasteiger partial charge in [-0.2, -0.15) is 13.2 Å². The Kier molecular flexibility index (Phi) is 4.52. The molecule has 19 heavy (non-hydrogen) atoms. The van der Waals surface area contributed by atoms with Crippen LogP contribution in [0.25, 0.3) is 0 Å². The minimum absolute atomic E-state index is 0.199. The molecule has 3 atom stereocenters. The molecule has 0 aliphatic heterocycles. The average molecular weight is 276 g/mol. The maximum Gasteiger partial charge on any atom is 0.392 e. The summed E-state index contributed by atoms with van der Waals surface area (Å²) < 4.78 is 44.4. The third kappa shape index (κ3) is 3.51. The molecule has 0 radical (unpaired) electrons. The number of nitrogens with one attached hydrogen (secondary N) is 1. The summed E-state index contributed by atoms with van der Waals surface area (Å²) in [5, 5.41) is 0. The second-order valence-electron chi connectivity index (χ2n) is 5.15. The zero-order chi connectivity index (χ0) is 13.9. The molecule has 108 valence electrons. The highest BCUT2D eigenvalue weighted by molar-refractivity contribution is 5.02. The van der Waals surface area contributed by atoms with E-state index in [0.717, 1.165) is 6.42 Å². The van der Waals surface area contributed by atoms with Crippen molar-refractivity contribution < 1.29 is 17.6 Å². The lowest BCUT2D eigenvalue weighted by molar-refractivity contribution is -0.199. The van der Waals surface area contributed by atoms with E-state index in [9.17, 15) is 13.2 Å². The van der Waals surface area contributed by atoms with Gasteiger partial charge in [0.05, 0.1) is 12.2 Å². The Balaban J connectivity index is 2.10. The molecule has 0 aromatic carbocycles. The Hall–Kier alpha value is -1.01. The molecule has 1 aliphatic carbocycles. The summed E-state index contributed by atoms with van der Waals surface area (Å²) in [4.78, 5) is 0. The number of hydrazine groups is 1. The summed E-state index contributed by atoms with van der Waals surface area (Å²) in [6, 6.07) is 3.08. The fourth-order valence-corrected chi connectivity index (χ4v) is 3.03. The van der Waals surface area contributed by atoms with E-state index in [0.29, 0.717) is 25.0 Å². The molecule has 6 heteroatoms. The van der Waals surface area contributed by atoms with E-state index in [4.69, 9.17) is 10.3 Å². The largest absolute Gasteiger partial charge is 0.469 e. The Bertz CT molecular complexity index is 378. The van der Waals surface area contributed by atoms with Gasteiger partial charge >= 0.3 is 6.18 Å². The zero-order valence-corrected chi connectivity index (χ0v) is 10.6. The molecule has 1 heterocycles. The van der Waals surface area contributed by atoms with Crippen LogP contribution in [0, 0.1) is 11.8 Å². The van der Waals surface area contributed by atoms with Gasteiger partial charge in [-0.05, 0) is 30.9 Å². The van der Waals surface area contributed by atoms with Gasteiger partial charge in [-0.15, -0.1) is 0 Å². The third-order valence-electron chi connectivity index (χ3n) is 3.97. The summed E-state index contributed by atoms with van der Waals surface area (Å²) in [7, 11) is 0. The van der Waals surface area contributed by atoms with Crippen molar-refractivity contribution in [1.82, 2.24) is 5.43 Å². The normalized spacial score (nSPS) is 26.3. The quantitative estimate of drug-likeness (QED) is 0.656. The predicted molar refractivity (Wildman–Crippen MR) is 65.0 cm³/mol. The van der Waals surface area contributed by atoms with Crippen molar-refractivity contribution >= 4 is 0 Å². The average Bonchev–Trinajstić information content (AvgIpc) is 2.88. The predicted octanol–water partition coefficient (Wildman–Crippen LogP) is 3.02. The zero-order valence-electron chi connectivity index (χ0n) is 10.6. The second kappa shape index (κ2) is 5.96. The molecule has 2 rings (SSSR count). The lowest BCUT2D eigenvalue weighted by Crippen LogP contribution is -2.49. The Labute approximate surface area is 110 Å². The van der Waals surface area contributed by atoms with Gasteiger partial charge in [-0.3, -0.25) is 11.3 Å². The first kappa shape index (κ1) is 14.4. The van der Waals surface area contributed by atoms with Gasteiger partial charge in [0.25, 0.3) is 0 Å². The summed E-state index contributed by atoms with van der Waals surface area (Å²) >= 11 is 0. The van der Waals surface area contributed by atoms with Crippen LogP contribution in [0.1, 0.15) is 31.4 Å². The van der Waals surface area contributed by atoms with Crippen LogP contribution < -0.4 is 11.3 Å². The molecule has 0 bridgehead atoms. The van der Waals surface area contributed by atoms with E-state index in [-0.39, 0.29) is 6.42 Å². The first-order valence-electron chi connectivity index (χ1n) is 6.57. The second-order valence-corrected chi connectivity index (χ2v) is 5.15. The fraction of sp³-hybridized carbons (Fsp3) is 0.692. The fourth-order valence-electron chi connectivity index (χ4n) is 3.03. The van der Waals surface area contributed by atoms with Crippen LogP contribution in [0.2, 0.25) is 0 Å². The molecule has 3 unspecified atom stereocenters. The van der Waals surface area contributed by atoms with Gasteiger partial charge in [0.15, 0.2) is 0 Å². The summed E-state index contributed by atoms with van der Waals surface area (Å²) in [6.07, 6.45) is -0.0221. The van der Waals surface area contributed by atoms with Crippen molar-refractivity contribution in [3.05, 3.63) is 24.2 Å². The van der Waals surface area contributed by atoms with Crippen molar-refractivity contribution in [3.8, 4) is 0 Å². The number of halogens is 3. The highest BCUT2D eigenvalue weighted by Crippen LogP contribution is 2.43. The van der Waals surface area contributed by atoms with Crippen molar-refractivity contribution in [2.24, 2.45) is 17.7 Å². The smallest absolute Gasteiger partial charge is 0.392 e. The SMILES string of the molecule is NNC(Cc1ccco1)C1CCCCC1C(F)(F)F. The van der Waals surface area contributed by atoms with Crippen LogP contribution in [0.3, 0.4) is 0 Å². The topological polar surface area (TPSA) is 51.2 Å². The summed E-state index contributed by atoms with van der Waals surface area (Å²) in [6.45, 7) is 0. The number of alkyl halides is 3. The van der Waals surface area contributed by atoms with E-state index in [1.165, 1.54) is 6.26 Å². The Morgan fingerprint density at radius 1 is 1.37 bits per heavy atom. The van der Waals surface area contributed by atoms with E-state index in [2.05, 4.69) is 5.43 Å². The number of furan rings is 1. The molecule has 0 amide bonds. The minimum Gasteiger partial charge on any atom is -0.469 e. The number of hydrogen-bond donors (Lipinski definition) is 2. The van der Waals surface area contributed by atoms with E-state index < -0.39 is 24.1 Å². The first-order valence-corrected chi connectivity index (χ1v) is 6.57. The first-order chi connectivity index (χ1) is 9.02. The maximum absolute atomic E-state index is 13.1. The Morgan fingerprint density at radius 2 is 2.11 bits per heavy atom. The third-order valence-corrected chi connectivity index (χ3v) is 3.97. The van der Waals surface area contributed by atoms with Gasteiger partial charge in [0.2, 0.25) is 0 Å². The van der Waals surface area contributed by atoms with E-state index in [1.54, 1.807) is 12.1 Å². The standard InChI is InChI=1S/C13H19F3N2O/c14-13(15,16)11-6-2-1-5-10(11)12(18-17)8-9-4-3-7-19-9/h3-4,7,10-12,18H,1-2,5-6,8,17H2. The monoisotopic (exact) mass is 276 g/mol. The van der Waals surface area contributed by atoms with Crippen molar-refractivity contribution in [1.29, 1.82) is 0 Å². The van der Waals surface area contributed by atoms with Crippen LogP contribution in [0.4, 0.5) is 13.2 Å². The van der Waals surface area contributed by atoms with Crippen LogP contribution in [-0.2, 0) is 6.42 Å². The molecule has 1 aliphatic rings. The highest BCUT2D eigenvalue weighted by atomic mass is 19.4. The lowest BCUT2D eigenvalue weighted by atomic mass is 9.74. The van der Waals surface area contributed by atoms with E-state index >= 15 is 0 Å². The molecule has 1 aromatic rings. The minimum atomic E-state index is -4.15. The van der Waals surface area contributed by atoms with Crippen molar-refractivity contribution in [3.63, 3.8) is 0 Å². The molecule has 1 saturated carbocycles. The van der Waals surface area contributed by atoms with Gasteiger partial charge in [0, 0.05) is 12.5 Å². The van der Waals surface area contributed by atoms with Gasteiger partial charge in [-0.1, -0.05) is 12.8 Å². The summed E-state index contributed by atoms with van der Waals surface area (Å²) in [5.74, 6) is 4.38. The molecule has 0 saturated heterocycles. The Morgan fingerprint density at radius 3 is 2.68 bits per heavy atom. The van der Waals surface area contributed by atoms with Crippen molar-refractivity contribution in [2.75, 3.05) is 0 Å². The van der Waals surface area contributed by atoms with Crippen molar-refractivity contribution in [2.45, 2.75) is 44.3 Å². The van der Waals surface area contributed by atoms with Crippen LogP contribution in [-0.4, -0.2) is 12.2 Å². The lowest BCUT2D eigenvalue weighted by Gasteiger charge is -2.37. The molecule has 1 fully saturated rings. The van der Waals surface area contributed by atoms with Gasteiger partial charge in [-0.25, -0.2) is 0 Å². The highest BCUT2D eigenvalue weighted by Gasteiger charge is 2.47. The summed E-state index contributed by atoms with van der Waals surface area (Å²) in [5.41, 5.74) is 2.55.